The van der Waals surface area contributed by atoms with Crippen LogP contribution >= 0.6 is 0 Å². The third-order valence-electron chi connectivity index (χ3n) is 2.93. The average Bonchev–Trinajstić information content (AvgIpc) is 2.92. The molecule has 1 aromatic rings. The molecule has 18 heavy (non-hydrogen) atoms. The lowest BCUT2D eigenvalue weighted by atomic mass is 10.3. The van der Waals surface area contributed by atoms with Crippen LogP contribution in [-0.2, 0) is 4.74 Å². The van der Waals surface area contributed by atoms with Crippen LogP contribution in [0.4, 0.5) is 5.82 Å². The molecule has 0 amide bonds. The largest absolute Gasteiger partial charge is 0.446 e. The van der Waals surface area contributed by atoms with E-state index in [0.717, 1.165) is 18.9 Å². The van der Waals surface area contributed by atoms with Gasteiger partial charge in [0, 0.05) is 19.3 Å². The number of rotatable bonds is 3. The van der Waals surface area contributed by atoms with Gasteiger partial charge in [0.05, 0.1) is 5.56 Å². The lowest BCUT2D eigenvalue weighted by Crippen LogP contribution is -2.19. The fraction of sp³-hybridized carbons (Fsp3) is 0.429. The van der Waals surface area contributed by atoms with Gasteiger partial charge in [0.15, 0.2) is 6.10 Å². The molecule has 0 spiro atoms. The summed E-state index contributed by atoms with van der Waals surface area (Å²) in [5.74, 6) is 2.83. The van der Waals surface area contributed by atoms with E-state index in [9.17, 15) is 4.79 Å². The average molecular weight is 244 g/mol. The summed E-state index contributed by atoms with van der Waals surface area (Å²) in [4.78, 5) is 18.2. The summed E-state index contributed by atoms with van der Waals surface area (Å²) < 4.78 is 5.02. The Morgan fingerprint density at radius 1 is 1.50 bits per heavy atom. The molecule has 1 aromatic heterocycles. The molecule has 2 heterocycles. The van der Waals surface area contributed by atoms with Gasteiger partial charge in [-0.2, -0.15) is 0 Å². The molecule has 4 nitrogen and oxygen atoms in total. The molecule has 0 aliphatic carbocycles. The summed E-state index contributed by atoms with van der Waals surface area (Å²) >= 11 is 0. The van der Waals surface area contributed by atoms with Crippen molar-refractivity contribution in [1.82, 2.24) is 4.98 Å². The van der Waals surface area contributed by atoms with Gasteiger partial charge in [-0.25, -0.2) is 9.78 Å². The lowest BCUT2D eigenvalue weighted by Gasteiger charge is -2.16. The quantitative estimate of drug-likeness (QED) is 0.601. The molecule has 2 rings (SSSR count). The monoisotopic (exact) mass is 244 g/mol. The Morgan fingerprint density at radius 3 is 2.78 bits per heavy atom. The van der Waals surface area contributed by atoms with Crippen molar-refractivity contribution in [3.63, 3.8) is 0 Å². The van der Waals surface area contributed by atoms with Crippen molar-refractivity contribution in [3.8, 4) is 12.3 Å². The van der Waals surface area contributed by atoms with Crippen LogP contribution in [0.5, 0.6) is 0 Å². The highest BCUT2D eigenvalue weighted by atomic mass is 16.5. The van der Waals surface area contributed by atoms with Crippen molar-refractivity contribution < 1.29 is 9.53 Å². The summed E-state index contributed by atoms with van der Waals surface area (Å²) in [6, 6.07) is 3.58. The van der Waals surface area contributed by atoms with Crippen LogP contribution in [0.3, 0.4) is 0 Å². The van der Waals surface area contributed by atoms with Crippen LogP contribution in [0.25, 0.3) is 0 Å². The molecule has 0 aromatic carbocycles. The van der Waals surface area contributed by atoms with Gasteiger partial charge in [-0.3, -0.25) is 0 Å². The predicted octanol–water partition coefficient (Wildman–Crippen LogP) is 1.86. The van der Waals surface area contributed by atoms with E-state index in [4.69, 9.17) is 11.2 Å². The van der Waals surface area contributed by atoms with Crippen molar-refractivity contribution in [1.29, 1.82) is 0 Å². The van der Waals surface area contributed by atoms with E-state index in [1.807, 2.05) is 6.07 Å². The summed E-state index contributed by atoms with van der Waals surface area (Å²) in [6.45, 7) is 3.72. The molecular weight excluding hydrogens is 228 g/mol. The second-order valence-electron chi connectivity index (χ2n) is 4.31. The highest BCUT2D eigenvalue weighted by Crippen LogP contribution is 2.17. The van der Waals surface area contributed by atoms with Crippen LogP contribution in [0, 0.1) is 12.3 Å². The molecule has 0 radical (unpaired) electrons. The minimum Gasteiger partial charge on any atom is -0.446 e. The number of ether oxygens (including phenoxy) is 1. The third-order valence-corrected chi connectivity index (χ3v) is 2.93. The van der Waals surface area contributed by atoms with Gasteiger partial charge in [0.25, 0.3) is 0 Å². The highest BCUT2D eigenvalue weighted by molar-refractivity contribution is 5.89. The zero-order valence-electron chi connectivity index (χ0n) is 10.4. The molecule has 0 N–H and O–H groups in total. The SMILES string of the molecule is C#C[C@@H](C)OC(=O)c1ccc(N2CCCC2)nc1. The summed E-state index contributed by atoms with van der Waals surface area (Å²) in [6.07, 6.45) is 8.58. The molecule has 1 aliphatic heterocycles. The normalized spacial score (nSPS) is 16.1. The number of carbonyl (C=O) groups excluding carboxylic acids is 1. The Morgan fingerprint density at radius 2 is 2.22 bits per heavy atom. The van der Waals surface area contributed by atoms with Crippen molar-refractivity contribution in [2.75, 3.05) is 18.0 Å². The molecule has 1 atom stereocenters. The van der Waals surface area contributed by atoms with E-state index in [2.05, 4.69) is 15.8 Å². The molecule has 0 saturated carbocycles. The Balaban J connectivity index is 2.03. The van der Waals surface area contributed by atoms with Crippen LogP contribution in [-0.4, -0.2) is 30.1 Å². The fourth-order valence-electron chi connectivity index (χ4n) is 1.90. The lowest BCUT2D eigenvalue weighted by molar-refractivity contribution is 0.0438. The van der Waals surface area contributed by atoms with Crippen molar-refractivity contribution in [3.05, 3.63) is 23.9 Å². The van der Waals surface area contributed by atoms with Crippen molar-refractivity contribution in [2.45, 2.75) is 25.9 Å². The first-order valence-electron chi connectivity index (χ1n) is 6.09. The van der Waals surface area contributed by atoms with Gasteiger partial charge in [-0.05, 0) is 31.9 Å². The zero-order valence-corrected chi connectivity index (χ0v) is 10.4. The second kappa shape index (κ2) is 5.54. The van der Waals surface area contributed by atoms with Gasteiger partial charge < -0.3 is 9.64 Å². The molecule has 0 unspecified atom stereocenters. The standard InChI is InChI=1S/C14H16N2O2/c1-3-11(2)18-14(17)12-6-7-13(15-10-12)16-8-4-5-9-16/h1,6-7,10-11H,4-5,8-9H2,2H3/t11-/m1/s1. The number of carbonyl (C=O) groups is 1. The predicted molar refractivity (Wildman–Crippen MR) is 69.4 cm³/mol. The van der Waals surface area contributed by atoms with E-state index in [1.165, 1.54) is 12.8 Å². The van der Waals surface area contributed by atoms with Gasteiger partial charge in [0.1, 0.15) is 5.82 Å². The first kappa shape index (κ1) is 12.4. The van der Waals surface area contributed by atoms with Crippen LogP contribution in [0.1, 0.15) is 30.1 Å². The first-order chi connectivity index (χ1) is 8.70. The van der Waals surface area contributed by atoms with Gasteiger partial charge in [-0.15, -0.1) is 6.42 Å². The molecule has 94 valence electrons. The summed E-state index contributed by atoms with van der Waals surface area (Å²) in [5.41, 5.74) is 0.431. The van der Waals surface area contributed by atoms with Crippen LogP contribution in [0.2, 0.25) is 0 Å². The van der Waals surface area contributed by atoms with Gasteiger partial charge in [-0.1, -0.05) is 5.92 Å². The topological polar surface area (TPSA) is 42.4 Å². The van der Waals surface area contributed by atoms with Gasteiger partial charge in [0.2, 0.25) is 0 Å². The molecular formula is C14H16N2O2. The second-order valence-corrected chi connectivity index (χ2v) is 4.31. The number of hydrogen-bond donors (Lipinski definition) is 0. The van der Waals surface area contributed by atoms with Crippen LogP contribution in [0.15, 0.2) is 18.3 Å². The van der Waals surface area contributed by atoms with E-state index in [0.29, 0.717) is 5.56 Å². The Hall–Kier alpha value is -2.02. The van der Waals surface area contributed by atoms with Crippen molar-refractivity contribution in [2.24, 2.45) is 0 Å². The van der Waals surface area contributed by atoms with E-state index < -0.39 is 12.1 Å². The number of hydrogen-bond acceptors (Lipinski definition) is 4. The molecule has 1 fully saturated rings. The number of esters is 1. The summed E-state index contributed by atoms with van der Waals surface area (Å²) in [7, 11) is 0. The third kappa shape index (κ3) is 2.80. The zero-order chi connectivity index (χ0) is 13.0. The van der Waals surface area contributed by atoms with E-state index in [-0.39, 0.29) is 0 Å². The van der Waals surface area contributed by atoms with E-state index in [1.54, 1.807) is 19.2 Å². The fourth-order valence-corrected chi connectivity index (χ4v) is 1.90. The van der Waals surface area contributed by atoms with Crippen LogP contribution < -0.4 is 4.90 Å². The number of nitrogens with zero attached hydrogens (tertiary/aromatic N) is 2. The Bertz CT molecular complexity index is 456. The smallest absolute Gasteiger partial charge is 0.340 e. The molecule has 0 bridgehead atoms. The Kier molecular flexibility index (Phi) is 3.83. The van der Waals surface area contributed by atoms with Gasteiger partial charge >= 0.3 is 5.97 Å². The number of pyridine rings is 1. The molecule has 4 heteroatoms. The number of aromatic nitrogens is 1. The maximum Gasteiger partial charge on any atom is 0.340 e. The maximum atomic E-state index is 11.7. The molecule has 1 saturated heterocycles. The minimum atomic E-state index is -0.518. The minimum absolute atomic E-state index is 0.430. The first-order valence-corrected chi connectivity index (χ1v) is 6.09. The summed E-state index contributed by atoms with van der Waals surface area (Å²) in [5, 5.41) is 0. The molecule has 1 aliphatic rings. The number of anilines is 1. The number of terminal acetylenes is 1. The highest BCUT2D eigenvalue weighted by Gasteiger charge is 2.15. The Labute approximate surface area is 107 Å². The van der Waals surface area contributed by atoms with Crippen molar-refractivity contribution >= 4 is 11.8 Å². The maximum absolute atomic E-state index is 11.7. The van der Waals surface area contributed by atoms with E-state index >= 15 is 0 Å².